The summed E-state index contributed by atoms with van der Waals surface area (Å²) in [6.07, 6.45) is 4.44. The molecule has 0 saturated carbocycles. The molecule has 1 unspecified atom stereocenters. The van der Waals surface area contributed by atoms with Gasteiger partial charge in [0.2, 0.25) is 19.0 Å². The van der Waals surface area contributed by atoms with Crippen LogP contribution in [0.3, 0.4) is 0 Å². The average Bonchev–Trinajstić information content (AvgIpc) is 2.78. The lowest BCUT2D eigenvalue weighted by atomic mass is 10.00. The van der Waals surface area contributed by atoms with Gasteiger partial charge in [-0.25, -0.2) is 0 Å². The molecule has 1 N–H and O–H groups in total. The highest BCUT2D eigenvalue weighted by Crippen LogP contribution is 2.19. The first kappa shape index (κ1) is 31.3. The van der Waals surface area contributed by atoms with Crippen molar-refractivity contribution < 1.29 is 26.6 Å². The van der Waals surface area contributed by atoms with Gasteiger partial charge in [-0.1, -0.05) is 51.5 Å². The summed E-state index contributed by atoms with van der Waals surface area (Å²) >= 11 is 0. The van der Waals surface area contributed by atoms with Crippen molar-refractivity contribution in [1.82, 2.24) is 9.91 Å². The molecule has 0 aliphatic rings. The number of rotatable bonds is 13. The zero-order valence-corrected chi connectivity index (χ0v) is 23.5. The smallest absolute Gasteiger partial charge is 0.245 e. The fraction of sp³-hybridized carbons (Fsp3) is 0.500. The van der Waals surface area contributed by atoms with Gasteiger partial charge in [-0.2, -0.15) is 14.7 Å². The number of nitrogens with one attached hydrogen (secondary N) is 1. The Morgan fingerprint density at radius 2 is 1.64 bits per heavy atom. The number of hydrogen-bond acceptors (Lipinski definition) is 4. The molecule has 7 nitrogen and oxygen atoms in total. The summed E-state index contributed by atoms with van der Waals surface area (Å²) in [6, 6.07) is 11.7. The Hall–Kier alpha value is -2.77. The normalized spacial score (nSPS) is 12.4. The molecule has 1 aromatic carbocycles. The summed E-state index contributed by atoms with van der Waals surface area (Å²) in [4.78, 5) is 27.7. The van der Waals surface area contributed by atoms with Gasteiger partial charge in [0.1, 0.15) is 0 Å². The van der Waals surface area contributed by atoms with E-state index in [1.165, 1.54) is 5.01 Å². The number of aryl methyl sites for hydroxylation is 2. The van der Waals surface area contributed by atoms with E-state index in [9.17, 15) is 9.59 Å². The van der Waals surface area contributed by atoms with E-state index in [-0.39, 0.29) is 25.0 Å². The van der Waals surface area contributed by atoms with Crippen LogP contribution >= 0.6 is 0 Å². The summed E-state index contributed by atoms with van der Waals surface area (Å²) in [7, 11) is 0. The van der Waals surface area contributed by atoms with Gasteiger partial charge in [-0.05, 0) is 44.2 Å². The predicted molar refractivity (Wildman–Crippen MR) is 142 cm³/mol. The Bertz CT molecular complexity index is 985. The highest BCUT2D eigenvalue weighted by Gasteiger charge is 2.27. The molecule has 36 heavy (non-hydrogen) atoms. The van der Waals surface area contributed by atoms with Crippen molar-refractivity contribution in [1.29, 1.82) is 0 Å². The average molecular weight is 516 g/mol. The number of anilines is 1. The maximum Gasteiger partial charge on any atom is 0.245 e. The number of carbonyl (C=O) groups is 2. The molecule has 1 aromatic heterocycles. The van der Waals surface area contributed by atoms with Crippen molar-refractivity contribution in [3.63, 3.8) is 0 Å². The van der Waals surface area contributed by atoms with Gasteiger partial charge in [0.15, 0.2) is 12.4 Å². The van der Waals surface area contributed by atoms with E-state index < -0.39 is 5.92 Å². The summed E-state index contributed by atoms with van der Waals surface area (Å²) < 4.78 is 1.86. The van der Waals surface area contributed by atoms with Crippen LogP contribution in [0.25, 0.3) is 0 Å². The van der Waals surface area contributed by atoms with Gasteiger partial charge >= 0.3 is 0 Å². The van der Waals surface area contributed by atoms with E-state index >= 15 is 0 Å². The molecule has 2 rings (SSSR count). The third-order valence-corrected chi connectivity index (χ3v) is 5.64. The van der Waals surface area contributed by atoms with Crippen LogP contribution in [0, 0.1) is 31.6 Å². The molecule has 198 valence electrons. The molecule has 2 amide bonds. The summed E-state index contributed by atoms with van der Waals surface area (Å²) in [5.41, 5.74) is 3.57. The van der Waals surface area contributed by atoms with Gasteiger partial charge in [0.25, 0.3) is 0 Å². The van der Waals surface area contributed by atoms with Crippen molar-refractivity contribution in [3.05, 3.63) is 59.9 Å². The van der Waals surface area contributed by atoms with Crippen LogP contribution in [0.4, 0.5) is 5.69 Å². The molecule has 0 fully saturated rings. The lowest BCUT2D eigenvalue weighted by Crippen LogP contribution is -3.00. The maximum atomic E-state index is 13.6. The topological polar surface area (TPSA) is 68.9 Å². The van der Waals surface area contributed by atoms with Crippen LogP contribution in [-0.4, -0.2) is 47.6 Å². The lowest BCUT2D eigenvalue weighted by Gasteiger charge is -2.30. The first-order valence-corrected chi connectivity index (χ1v) is 12.4. The molecular formula is C28H42ClN5O2. The molecule has 2 aromatic rings. The minimum absolute atomic E-state index is 0. The molecule has 1 heterocycles. The second kappa shape index (κ2) is 15.4. The van der Waals surface area contributed by atoms with E-state index in [4.69, 9.17) is 0 Å². The van der Waals surface area contributed by atoms with E-state index in [1.54, 1.807) is 0 Å². The Kier molecular flexibility index (Phi) is 13.3. The third kappa shape index (κ3) is 10.5. The number of amides is 2. The van der Waals surface area contributed by atoms with Crippen LogP contribution in [-0.2, 0) is 16.3 Å². The first-order valence-electron chi connectivity index (χ1n) is 12.4. The Balaban J connectivity index is 0.00000648. The Morgan fingerprint density at radius 1 is 1.03 bits per heavy atom. The highest BCUT2D eigenvalue weighted by molar-refractivity contribution is 6.09. The van der Waals surface area contributed by atoms with E-state index in [0.717, 1.165) is 29.9 Å². The van der Waals surface area contributed by atoms with Crippen molar-refractivity contribution in [3.8, 4) is 0 Å². The minimum atomic E-state index is -0.503. The van der Waals surface area contributed by atoms with Gasteiger partial charge in [-0.15, -0.1) is 0 Å². The van der Waals surface area contributed by atoms with E-state index in [0.29, 0.717) is 30.5 Å². The number of pyridine rings is 1. The second-order valence-electron chi connectivity index (χ2n) is 10.2. The fourth-order valence-corrected chi connectivity index (χ4v) is 4.15. The first-order chi connectivity index (χ1) is 16.6. The third-order valence-electron chi connectivity index (χ3n) is 5.64. The number of benzene rings is 1. The predicted octanol–water partition coefficient (Wildman–Crippen LogP) is 1.26. The number of nitrogens with zero attached hydrogens (tertiary/aromatic N) is 4. The van der Waals surface area contributed by atoms with Gasteiger partial charge in [0.05, 0.1) is 5.92 Å². The highest BCUT2D eigenvalue weighted by atomic mass is 35.5. The summed E-state index contributed by atoms with van der Waals surface area (Å²) in [6.45, 7) is 17.2. The van der Waals surface area contributed by atoms with Crippen LogP contribution in [0.2, 0.25) is 0 Å². The SMILES string of the molecule is C/C(=N\N(C=O)C[n+]1ccccc1)C(CN(CC(C)C)CC(C)C)C(=O)Nc1ccc(C)cc1C.[Cl-]. The van der Waals surface area contributed by atoms with Gasteiger partial charge in [-0.3, -0.25) is 9.59 Å². The van der Waals surface area contributed by atoms with E-state index in [1.807, 2.05) is 68.1 Å². The number of aromatic nitrogens is 1. The zero-order chi connectivity index (χ0) is 26.0. The Morgan fingerprint density at radius 3 is 2.17 bits per heavy atom. The van der Waals surface area contributed by atoms with Crippen molar-refractivity contribution in [2.45, 2.75) is 55.1 Å². The maximum absolute atomic E-state index is 13.6. The molecule has 0 spiro atoms. The molecule has 0 radical (unpaired) electrons. The van der Waals surface area contributed by atoms with Gasteiger partial charge < -0.3 is 22.6 Å². The van der Waals surface area contributed by atoms with Crippen LogP contribution in [0.5, 0.6) is 0 Å². The second-order valence-corrected chi connectivity index (χ2v) is 10.2. The van der Waals surface area contributed by atoms with Crippen molar-refractivity contribution >= 4 is 23.7 Å². The summed E-state index contributed by atoms with van der Waals surface area (Å²) in [5.74, 6) is 0.315. The molecule has 0 aliphatic heterocycles. The Labute approximate surface area is 223 Å². The standard InChI is InChI=1S/C28H41N5O2.ClH/c1-21(2)16-32(17-22(3)4)18-26(28(35)29-27-12-11-23(5)15-24(27)6)25(7)30-33(20-34)19-31-13-9-8-10-14-31;/h8-15,20-22,26H,16-19H2,1-7H3;1H/b30-25+;. The van der Waals surface area contributed by atoms with Crippen LogP contribution < -0.4 is 22.3 Å². The minimum Gasteiger partial charge on any atom is -1.00 e. The lowest BCUT2D eigenvalue weighted by molar-refractivity contribution is -0.712. The zero-order valence-electron chi connectivity index (χ0n) is 22.7. The quantitative estimate of drug-likeness (QED) is 0.189. The number of halogens is 1. The molecule has 1 atom stereocenters. The van der Waals surface area contributed by atoms with Crippen molar-refractivity contribution in [2.24, 2.45) is 22.9 Å². The largest absolute Gasteiger partial charge is 1.00 e. The fourth-order valence-electron chi connectivity index (χ4n) is 4.15. The number of carbonyl (C=O) groups excluding carboxylic acids is 2. The van der Waals surface area contributed by atoms with Crippen LogP contribution in [0.15, 0.2) is 53.9 Å². The number of hydrazone groups is 1. The molecule has 0 bridgehead atoms. The van der Waals surface area contributed by atoms with Crippen LogP contribution in [0.1, 0.15) is 45.7 Å². The van der Waals surface area contributed by atoms with Crippen molar-refractivity contribution in [2.75, 3.05) is 25.0 Å². The molecule has 0 aliphatic carbocycles. The number of hydrogen-bond donors (Lipinski definition) is 1. The van der Waals surface area contributed by atoms with E-state index in [2.05, 4.69) is 49.1 Å². The molecule has 0 saturated heterocycles. The monoisotopic (exact) mass is 515 g/mol. The summed E-state index contributed by atoms with van der Waals surface area (Å²) in [5, 5.41) is 9.02. The van der Waals surface area contributed by atoms with Gasteiger partial charge in [0, 0.05) is 43.2 Å². The molecule has 8 heteroatoms. The molecular weight excluding hydrogens is 474 g/mol.